The Morgan fingerprint density at radius 3 is 2.88 bits per heavy atom. The molecule has 6 heteroatoms. The van der Waals surface area contributed by atoms with Crippen molar-refractivity contribution < 1.29 is 14.7 Å². The molecule has 0 aliphatic rings. The number of urea groups is 1. The van der Waals surface area contributed by atoms with E-state index in [9.17, 15) is 9.59 Å². The van der Waals surface area contributed by atoms with Crippen LogP contribution >= 0.6 is 0 Å². The van der Waals surface area contributed by atoms with Gasteiger partial charge in [-0.1, -0.05) is 6.07 Å². The Balaban J connectivity index is 2.43. The van der Waals surface area contributed by atoms with Crippen LogP contribution in [0.15, 0.2) is 24.5 Å². The van der Waals surface area contributed by atoms with Crippen LogP contribution in [0.3, 0.4) is 0 Å². The maximum absolute atomic E-state index is 11.4. The summed E-state index contributed by atoms with van der Waals surface area (Å²) < 4.78 is 0. The summed E-state index contributed by atoms with van der Waals surface area (Å²) in [5.74, 6) is -1.07. The van der Waals surface area contributed by atoms with Crippen molar-refractivity contribution in [3.63, 3.8) is 0 Å². The van der Waals surface area contributed by atoms with E-state index in [1.807, 2.05) is 6.07 Å². The minimum Gasteiger partial charge on any atom is -0.480 e. The van der Waals surface area contributed by atoms with Gasteiger partial charge in [-0.2, -0.15) is 0 Å². The van der Waals surface area contributed by atoms with E-state index < -0.39 is 12.0 Å². The third-order valence-electron chi connectivity index (χ3n) is 1.88. The third kappa shape index (κ3) is 3.95. The van der Waals surface area contributed by atoms with E-state index in [4.69, 9.17) is 5.11 Å². The Labute approximate surface area is 92.9 Å². The van der Waals surface area contributed by atoms with Gasteiger partial charge in [-0.15, -0.1) is 0 Å². The number of nitrogens with one attached hydrogen (secondary N) is 1. The van der Waals surface area contributed by atoms with Crippen LogP contribution in [0.25, 0.3) is 0 Å². The molecule has 16 heavy (non-hydrogen) atoms. The van der Waals surface area contributed by atoms with Crippen molar-refractivity contribution in [2.75, 3.05) is 13.6 Å². The molecule has 0 saturated carbocycles. The zero-order valence-corrected chi connectivity index (χ0v) is 8.88. The Hall–Kier alpha value is -2.11. The average Bonchev–Trinajstić information content (AvgIpc) is 2.27. The number of hydrogen-bond donors (Lipinski definition) is 2. The zero-order valence-electron chi connectivity index (χ0n) is 8.88. The van der Waals surface area contributed by atoms with Crippen LogP contribution in [0.4, 0.5) is 4.79 Å². The summed E-state index contributed by atoms with van der Waals surface area (Å²) in [4.78, 5) is 26.9. The highest BCUT2D eigenvalue weighted by atomic mass is 16.4. The lowest BCUT2D eigenvalue weighted by Gasteiger charge is -2.16. The lowest BCUT2D eigenvalue weighted by atomic mass is 10.3. The number of hydrogen-bond acceptors (Lipinski definition) is 3. The third-order valence-corrected chi connectivity index (χ3v) is 1.88. The number of aromatic nitrogens is 1. The van der Waals surface area contributed by atoms with Gasteiger partial charge < -0.3 is 15.3 Å². The highest BCUT2D eigenvalue weighted by Gasteiger charge is 2.09. The monoisotopic (exact) mass is 223 g/mol. The number of carboxylic acids is 1. The normalized spacial score (nSPS) is 9.56. The standard InChI is InChI=1S/C10H13N3O3/c1-13(10(16)12-6-9(14)15)7-8-3-2-4-11-5-8/h2-5H,6-7H2,1H3,(H,12,16)(H,14,15). The predicted octanol–water partition coefficient (Wildman–Crippen LogP) is 0.308. The molecule has 0 fully saturated rings. The van der Waals surface area contributed by atoms with Crippen molar-refractivity contribution >= 4 is 12.0 Å². The molecular weight excluding hydrogens is 210 g/mol. The Bertz CT molecular complexity index is 367. The zero-order chi connectivity index (χ0) is 12.0. The molecule has 86 valence electrons. The lowest BCUT2D eigenvalue weighted by molar-refractivity contribution is -0.135. The number of carbonyl (C=O) groups excluding carboxylic acids is 1. The number of aliphatic carboxylic acids is 1. The van der Waals surface area contributed by atoms with Gasteiger partial charge in [-0.25, -0.2) is 4.79 Å². The first kappa shape index (κ1) is 12.0. The number of nitrogens with zero attached hydrogens (tertiary/aromatic N) is 2. The molecule has 0 atom stereocenters. The molecule has 0 unspecified atom stereocenters. The van der Waals surface area contributed by atoms with Crippen molar-refractivity contribution in [3.05, 3.63) is 30.1 Å². The van der Waals surface area contributed by atoms with E-state index in [0.717, 1.165) is 5.56 Å². The van der Waals surface area contributed by atoms with Crippen molar-refractivity contribution in [1.82, 2.24) is 15.2 Å². The Kier molecular flexibility index (Phi) is 4.26. The maximum Gasteiger partial charge on any atom is 0.323 e. The number of pyridine rings is 1. The topological polar surface area (TPSA) is 82.5 Å². The highest BCUT2D eigenvalue weighted by molar-refractivity contribution is 5.79. The molecule has 0 saturated heterocycles. The SMILES string of the molecule is CN(Cc1cccnc1)C(=O)NCC(=O)O. The Morgan fingerprint density at radius 2 is 2.31 bits per heavy atom. The van der Waals surface area contributed by atoms with Crippen LogP contribution in [-0.4, -0.2) is 40.6 Å². The molecule has 6 nitrogen and oxygen atoms in total. The second kappa shape index (κ2) is 5.69. The largest absolute Gasteiger partial charge is 0.480 e. The molecule has 0 aliphatic heterocycles. The summed E-state index contributed by atoms with van der Waals surface area (Å²) in [7, 11) is 1.59. The summed E-state index contributed by atoms with van der Waals surface area (Å²) in [6, 6.07) is 3.19. The smallest absolute Gasteiger partial charge is 0.323 e. The van der Waals surface area contributed by atoms with Crippen molar-refractivity contribution in [2.45, 2.75) is 6.54 Å². The lowest BCUT2D eigenvalue weighted by Crippen LogP contribution is -2.39. The fourth-order valence-electron chi connectivity index (χ4n) is 1.12. The van der Waals surface area contributed by atoms with Gasteiger partial charge in [-0.05, 0) is 11.6 Å². The maximum atomic E-state index is 11.4. The first-order valence-electron chi connectivity index (χ1n) is 4.69. The van der Waals surface area contributed by atoms with Gasteiger partial charge in [0, 0.05) is 26.0 Å². The second-order valence-corrected chi connectivity index (χ2v) is 3.27. The minimum atomic E-state index is -1.07. The molecule has 1 heterocycles. The number of amides is 2. The summed E-state index contributed by atoms with van der Waals surface area (Å²) in [5, 5.41) is 10.7. The fraction of sp³-hybridized carbons (Fsp3) is 0.300. The molecule has 2 amide bonds. The van der Waals surface area contributed by atoms with E-state index in [-0.39, 0.29) is 6.54 Å². The summed E-state index contributed by atoms with van der Waals surface area (Å²) in [6.07, 6.45) is 3.30. The van der Waals surface area contributed by atoms with Crippen molar-refractivity contribution in [2.24, 2.45) is 0 Å². The fourth-order valence-corrected chi connectivity index (χ4v) is 1.12. The Morgan fingerprint density at radius 1 is 1.56 bits per heavy atom. The van der Waals surface area contributed by atoms with Gasteiger partial charge in [0.25, 0.3) is 0 Å². The molecule has 0 aliphatic carbocycles. The minimum absolute atomic E-state index is 0.379. The number of carboxylic acid groups (broad SMARTS) is 1. The molecule has 0 aromatic carbocycles. The van der Waals surface area contributed by atoms with E-state index in [0.29, 0.717) is 6.54 Å². The van der Waals surface area contributed by atoms with E-state index in [1.165, 1.54) is 4.90 Å². The molecule has 0 bridgehead atoms. The molecule has 2 N–H and O–H groups in total. The number of rotatable bonds is 4. The van der Waals surface area contributed by atoms with Crippen molar-refractivity contribution in [3.8, 4) is 0 Å². The molecular formula is C10H13N3O3. The molecule has 1 aromatic heterocycles. The van der Waals surface area contributed by atoms with Gasteiger partial charge in [0.15, 0.2) is 0 Å². The number of carbonyl (C=O) groups is 2. The van der Waals surface area contributed by atoms with Crippen LogP contribution in [0.2, 0.25) is 0 Å². The van der Waals surface area contributed by atoms with E-state index in [2.05, 4.69) is 10.3 Å². The van der Waals surface area contributed by atoms with E-state index >= 15 is 0 Å². The molecule has 1 rings (SSSR count). The molecule has 0 radical (unpaired) electrons. The van der Waals surface area contributed by atoms with Crippen LogP contribution in [0.5, 0.6) is 0 Å². The van der Waals surface area contributed by atoms with Crippen LogP contribution < -0.4 is 5.32 Å². The molecule has 0 spiro atoms. The van der Waals surface area contributed by atoms with Crippen LogP contribution in [0.1, 0.15) is 5.56 Å². The summed E-state index contributed by atoms with van der Waals surface area (Å²) in [6.45, 7) is 0.00943. The van der Waals surface area contributed by atoms with Crippen LogP contribution in [0, 0.1) is 0 Å². The molecule has 1 aromatic rings. The van der Waals surface area contributed by atoms with Gasteiger partial charge >= 0.3 is 12.0 Å². The van der Waals surface area contributed by atoms with Gasteiger partial charge in [0.2, 0.25) is 0 Å². The highest BCUT2D eigenvalue weighted by Crippen LogP contribution is 2.00. The van der Waals surface area contributed by atoms with Crippen LogP contribution in [-0.2, 0) is 11.3 Å². The van der Waals surface area contributed by atoms with Gasteiger partial charge in [-0.3, -0.25) is 9.78 Å². The first-order chi connectivity index (χ1) is 7.59. The average molecular weight is 223 g/mol. The second-order valence-electron chi connectivity index (χ2n) is 3.27. The quantitative estimate of drug-likeness (QED) is 0.769. The van der Waals surface area contributed by atoms with Gasteiger partial charge in [0.05, 0.1) is 0 Å². The summed E-state index contributed by atoms with van der Waals surface area (Å²) in [5.41, 5.74) is 0.885. The summed E-state index contributed by atoms with van der Waals surface area (Å²) >= 11 is 0. The van der Waals surface area contributed by atoms with E-state index in [1.54, 1.807) is 25.5 Å². The van der Waals surface area contributed by atoms with Crippen molar-refractivity contribution in [1.29, 1.82) is 0 Å². The first-order valence-corrected chi connectivity index (χ1v) is 4.69. The predicted molar refractivity (Wildman–Crippen MR) is 56.7 cm³/mol. The van der Waals surface area contributed by atoms with Gasteiger partial charge in [0.1, 0.15) is 6.54 Å².